The van der Waals surface area contributed by atoms with Crippen LogP contribution in [0.15, 0.2) is 107 Å². The number of aromatic carboxylic acids is 1. The molecular weight excluding hydrogens is 494 g/mol. The van der Waals surface area contributed by atoms with Crippen molar-refractivity contribution in [1.82, 2.24) is 9.47 Å². The third-order valence-electron chi connectivity index (χ3n) is 6.62. The highest BCUT2D eigenvalue weighted by atomic mass is 32.2. The predicted octanol–water partition coefficient (Wildman–Crippen LogP) is 6.77. The van der Waals surface area contributed by atoms with E-state index >= 15 is 0 Å². The van der Waals surface area contributed by atoms with E-state index in [4.69, 9.17) is 5.11 Å². The number of thioether (sulfide) groups is 1. The van der Waals surface area contributed by atoms with Gasteiger partial charge < -0.3 is 9.67 Å². The molecule has 0 unspecified atom stereocenters. The highest BCUT2D eigenvalue weighted by Crippen LogP contribution is 2.35. The van der Waals surface area contributed by atoms with Crippen molar-refractivity contribution in [3.63, 3.8) is 0 Å². The van der Waals surface area contributed by atoms with Crippen molar-refractivity contribution in [1.29, 1.82) is 0 Å². The largest absolute Gasteiger partial charge is 0.478 e. The first-order chi connectivity index (χ1) is 18.5. The molecule has 5 aromatic rings. The van der Waals surface area contributed by atoms with Crippen molar-refractivity contribution in [2.45, 2.75) is 6.54 Å². The molecule has 6 rings (SSSR count). The van der Waals surface area contributed by atoms with E-state index in [1.165, 1.54) is 45.1 Å². The van der Waals surface area contributed by atoms with Crippen LogP contribution in [-0.4, -0.2) is 38.7 Å². The van der Waals surface area contributed by atoms with Crippen LogP contribution in [0.1, 0.15) is 21.5 Å². The average Bonchev–Trinajstić information content (AvgIpc) is 3.41. The standard InChI is InChI=1S/C31H23N3O3S/c1-33-29(35)28(38-31(33)32-25-14-12-22(13-15-25)30(36)37)17-24-19-34(27-9-5-4-8-26(24)27)18-20-10-11-21-6-2-3-7-23(21)16-20/h2-17,19H,18H2,1H3,(H,36,37)/b28-17-,32-31?. The van der Waals surface area contributed by atoms with Gasteiger partial charge >= 0.3 is 5.97 Å². The highest BCUT2D eigenvalue weighted by Gasteiger charge is 2.30. The number of amides is 1. The summed E-state index contributed by atoms with van der Waals surface area (Å²) < 4.78 is 2.22. The van der Waals surface area contributed by atoms with Crippen molar-refractivity contribution in [3.05, 3.63) is 119 Å². The maximum Gasteiger partial charge on any atom is 0.335 e. The minimum absolute atomic E-state index is 0.123. The molecule has 38 heavy (non-hydrogen) atoms. The third kappa shape index (κ3) is 4.48. The van der Waals surface area contributed by atoms with E-state index in [9.17, 15) is 9.59 Å². The smallest absolute Gasteiger partial charge is 0.335 e. The molecule has 6 nitrogen and oxygen atoms in total. The summed E-state index contributed by atoms with van der Waals surface area (Å²) in [5.41, 5.74) is 4.06. The second-order valence-corrected chi connectivity index (χ2v) is 10.1. The Balaban J connectivity index is 1.32. The zero-order chi connectivity index (χ0) is 26.2. The predicted molar refractivity (Wildman–Crippen MR) is 154 cm³/mol. The molecule has 1 amide bonds. The zero-order valence-electron chi connectivity index (χ0n) is 20.5. The Morgan fingerprint density at radius 3 is 2.47 bits per heavy atom. The fourth-order valence-electron chi connectivity index (χ4n) is 4.64. The van der Waals surface area contributed by atoms with Crippen LogP contribution in [0.5, 0.6) is 0 Å². The molecule has 0 saturated carbocycles. The zero-order valence-corrected chi connectivity index (χ0v) is 21.4. The van der Waals surface area contributed by atoms with Crippen LogP contribution in [0, 0.1) is 0 Å². The number of benzene rings is 4. The lowest BCUT2D eigenvalue weighted by Crippen LogP contribution is -2.23. The molecule has 0 aliphatic carbocycles. The van der Waals surface area contributed by atoms with Gasteiger partial charge in [0.15, 0.2) is 5.17 Å². The molecular formula is C31H23N3O3S. The van der Waals surface area contributed by atoms with Crippen LogP contribution in [0.4, 0.5) is 5.69 Å². The molecule has 1 saturated heterocycles. The summed E-state index contributed by atoms with van der Waals surface area (Å²) in [6.07, 6.45) is 4.03. The molecule has 2 heterocycles. The monoisotopic (exact) mass is 517 g/mol. The van der Waals surface area contributed by atoms with Crippen molar-refractivity contribution >= 4 is 62.2 Å². The van der Waals surface area contributed by atoms with Crippen LogP contribution in [0.2, 0.25) is 0 Å². The maximum atomic E-state index is 13.1. The van der Waals surface area contributed by atoms with Crippen LogP contribution >= 0.6 is 11.8 Å². The van der Waals surface area contributed by atoms with Gasteiger partial charge in [0.2, 0.25) is 0 Å². The summed E-state index contributed by atoms with van der Waals surface area (Å²) >= 11 is 1.31. The van der Waals surface area contributed by atoms with Gasteiger partial charge in [-0.2, -0.15) is 0 Å². The van der Waals surface area contributed by atoms with Crippen LogP contribution in [0.25, 0.3) is 27.8 Å². The summed E-state index contributed by atoms with van der Waals surface area (Å²) in [7, 11) is 1.70. The molecule has 7 heteroatoms. The first kappa shape index (κ1) is 23.8. The molecule has 0 atom stereocenters. The van der Waals surface area contributed by atoms with E-state index in [1.54, 1.807) is 19.2 Å². The lowest BCUT2D eigenvalue weighted by molar-refractivity contribution is -0.121. The molecule has 1 N–H and O–H groups in total. The van der Waals surface area contributed by atoms with Gasteiger partial charge in [0.1, 0.15) is 0 Å². The van der Waals surface area contributed by atoms with Crippen molar-refractivity contribution < 1.29 is 14.7 Å². The first-order valence-corrected chi connectivity index (χ1v) is 12.9. The van der Waals surface area contributed by atoms with E-state index in [-0.39, 0.29) is 11.5 Å². The number of rotatable bonds is 5. The van der Waals surface area contributed by atoms with Gasteiger partial charge in [-0.1, -0.05) is 54.6 Å². The fourth-order valence-corrected chi connectivity index (χ4v) is 5.61. The lowest BCUT2D eigenvalue weighted by Gasteiger charge is -2.07. The SMILES string of the molecule is CN1C(=O)/C(=C/c2cn(Cc3ccc4ccccc4c3)c3ccccc23)SC1=Nc1ccc(C(=O)O)cc1. The summed E-state index contributed by atoms with van der Waals surface area (Å²) in [5.74, 6) is -1.11. The number of carboxylic acid groups (broad SMARTS) is 1. The summed E-state index contributed by atoms with van der Waals surface area (Å²) in [4.78, 5) is 30.9. The Morgan fingerprint density at radius 1 is 0.947 bits per heavy atom. The van der Waals surface area contributed by atoms with Crippen molar-refractivity contribution in [3.8, 4) is 0 Å². The number of carboxylic acids is 1. The molecule has 1 aliphatic heterocycles. The fraction of sp³-hybridized carbons (Fsp3) is 0.0645. The van der Waals surface area contributed by atoms with Crippen molar-refractivity contribution in [2.24, 2.45) is 4.99 Å². The number of carbonyl (C=O) groups excluding carboxylic acids is 1. The van der Waals surface area contributed by atoms with Crippen molar-refractivity contribution in [2.75, 3.05) is 7.05 Å². The molecule has 1 aromatic heterocycles. The minimum Gasteiger partial charge on any atom is -0.478 e. The number of amidine groups is 1. The second kappa shape index (κ2) is 9.68. The Morgan fingerprint density at radius 2 is 1.68 bits per heavy atom. The molecule has 4 aromatic carbocycles. The van der Waals surface area contributed by atoms with E-state index in [0.29, 0.717) is 22.3 Å². The summed E-state index contributed by atoms with van der Waals surface area (Å²) in [6.45, 7) is 0.717. The Bertz CT molecular complexity index is 1780. The van der Waals surface area contributed by atoms with Crippen LogP contribution < -0.4 is 0 Å². The molecule has 1 fully saturated rings. The van der Waals surface area contributed by atoms with E-state index in [0.717, 1.165) is 16.5 Å². The van der Waals surface area contributed by atoms with E-state index in [2.05, 4.69) is 64.3 Å². The molecule has 186 valence electrons. The molecule has 1 aliphatic rings. The number of fused-ring (bicyclic) bond motifs is 2. The molecule has 0 radical (unpaired) electrons. The van der Waals surface area contributed by atoms with Gasteiger partial charge in [-0.15, -0.1) is 0 Å². The van der Waals surface area contributed by atoms with Crippen LogP contribution in [0.3, 0.4) is 0 Å². The maximum absolute atomic E-state index is 13.1. The van der Waals surface area contributed by atoms with Gasteiger partial charge in [-0.25, -0.2) is 9.79 Å². The molecule has 0 spiro atoms. The summed E-state index contributed by atoms with van der Waals surface area (Å²) in [5, 5.41) is 13.2. The number of aromatic nitrogens is 1. The van der Waals surface area contributed by atoms with Gasteiger partial charge in [-0.3, -0.25) is 9.69 Å². The molecule has 0 bridgehead atoms. The Labute approximate surface area is 223 Å². The lowest BCUT2D eigenvalue weighted by atomic mass is 10.1. The summed E-state index contributed by atoms with van der Waals surface area (Å²) in [6, 6.07) is 29.4. The number of hydrogen-bond acceptors (Lipinski definition) is 4. The quantitative estimate of drug-likeness (QED) is 0.261. The normalized spacial score (nSPS) is 15.8. The first-order valence-electron chi connectivity index (χ1n) is 12.1. The van der Waals surface area contributed by atoms with Gasteiger partial charge in [0.25, 0.3) is 5.91 Å². The minimum atomic E-state index is -0.989. The van der Waals surface area contributed by atoms with E-state index < -0.39 is 5.97 Å². The number of nitrogens with zero attached hydrogens (tertiary/aromatic N) is 3. The second-order valence-electron chi connectivity index (χ2n) is 9.13. The number of aliphatic imine (C=N–C) groups is 1. The average molecular weight is 518 g/mol. The number of hydrogen-bond donors (Lipinski definition) is 1. The number of carbonyl (C=O) groups is 2. The highest BCUT2D eigenvalue weighted by molar-refractivity contribution is 8.18. The number of para-hydroxylation sites is 1. The van der Waals surface area contributed by atoms with Gasteiger partial charge in [0.05, 0.1) is 16.2 Å². The van der Waals surface area contributed by atoms with E-state index in [1.807, 2.05) is 24.3 Å². The Hall–Kier alpha value is -4.62. The topological polar surface area (TPSA) is 74.9 Å². The van der Waals surface area contributed by atoms with Gasteiger partial charge in [0, 0.05) is 36.3 Å². The van der Waals surface area contributed by atoms with Gasteiger partial charge in [-0.05, 0) is 70.6 Å². The Kier molecular flexibility index (Phi) is 6.05. The number of likely N-dealkylation sites (N-methyl/N-ethyl adjacent to an activating group) is 1. The van der Waals surface area contributed by atoms with Crippen LogP contribution in [-0.2, 0) is 11.3 Å². The third-order valence-corrected chi connectivity index (χ3v) is 7.68.